The molecule has 4 nitrogen and oxygen atoms in total. The van der Waals surface area contributed by atoms with Gasteiger partial charge in [-0.05, 0) is 37.1 Å². The minimum absolute atomic E-state index is 0.0790. The fraction of sp³-hybridized carbons (Fsp3) is 0.263. The zero-order chi connectivity index (χ0) is 17.8. The molecule has 0 saturated heterocycles. The topological polar surface area (TPSA) is 46.9 Å². The molecule has 1 atom stereocenters. The van der Waals surface area contributed by atoms with Gasteiger partial charge in [-0.2, -0.15) is 5.10 Å². The average Bonchev–Trinajstić information content (AvgIpc) is 3.22. The Morgan fingerprint density at radius 2 is 2.04 bits per heavy atom. The third kappa shape index (κ3) is 4.11. The van der Waals surface area contributed by atoms with Gasteiger partial charge >= 0.3 is 0 Å². The highest BCUT2D eigenvalue weighted by atomic mass is 35.5. The minimum Gasteiger partial charge on any atom is -0.344 e. The molecule has 2 aromatic heterocycles. The first-order chi connectivity index (χ1) is 12.1. The van der Waals surface area contributed by atoms with Gasteiger partial charge in [0.25, 0.3) is 5.91 Å². The van der Waals surface area contributed by atoms with Gasteiger partial charge < -0.3 is 5.32 Å². The van der Waals surface area contributed by atoms with Crippen molar-refractivity contribution in [1.29, 1.82) is 0 Å². The van der Waals surface area contributed by atoms with E-state index in [1.165, 1.54) is 11.3 Å². The fourth-order valence-corrected chi connectivity index (χ4v) is 3.72. The van der Waals surface area contributed by atoms with Gasteiger partial charge in [-0.1, -0.05) is 48.9 Å². The zero-order valence-corrected chi connectivity index (χ0v) is 15.8. The van der Waals surface area contributed by atoms with E-state index in [2.05, 4.69) is 17.3 Å². The third-order valence-corrected chi connectivity index (χ3v) is 5.17. The molecule has 1 aromatic carbocycles. The molecule has 0 radical (unpaired) electrons. The Morgan fingerprint density at radius 1 is 1.28 bits per heavy atom. The van der Waals surface area contributed by atoms with Crippen LogP contribution in [0.5, 0.6) is 0 Å². The molecule has 0 aliphatic rings. The Hall–Kier alpha value is -2.11. The summed E-state index contributed by atoms with van der Waals surface area (Å²) in [5, 5.41) is 7.51. The molecule has 0 unspecified atom stereocenters. The molecular weight excluding hydrogens is 354 g/mol. The standard InChI is InChI=1S/C19H20ClN3OS/c1-3-11-23-16(17-9-10-18(20)25-17)12-15(22-23)19(24)21-13(2)14-7-5-4-6-8-14/h4-10,12-13H,3,11H2,1-2H3,(H,21,24)/t13-/m1/s1. The number of aromatic nitrogens is 2. The number of nitrogens with one attached hydrogen (secondary N) is 1. The molecule has 0 saturated carbocycles. The van der Waals surface area contributed by atoms with Gasteiger partial charge in [0.15, 0.2) is 5.69 Å². The van der Waals surface area contributed by atoms with E-state index in [0.717, 1.165) is 33.4 Å². The SMILES string of the molecule is CCCn1nc(C(=O)N[C@H](C)c2ccccc2)cc1-c1ccc(Cl)s1. The van der Waals surface area contributed by atoms with E-state index in [0.29, 0.717) is 5.69 Å². The van der Waals surface area contributed by atoms with Crippen molar-refractivity contribution in [2.75, 3.05) is 0 Å². The van der Waals surface area contributed by atoms with Crippen LogP contribution in [-0.2, 0) is 6.54 Å². The van der Waals surface area contributed by atoms with Crippen molar-refractivity contribution in [2.45, 2.75) is 32.9 Å². The molecule has 6 heteroatoms. The molecule has 0 spiro atoms. The molecule has 0 bridgehead atoms. The van der Waals surface area contributed by atoms with Crippen LogP contribution in [0.1, 0.15) is 42.4 Å². The second-order valence-corrected chi connectivity index (χ2v) is 7.56. The third-order valence-electron chi connectivity index (χ3n) is 3.92. The summed E-state index contributed by atoms with van der Waals surface area (Å²) in [5.41, 5.74) is 2.42. The lowest BCUT2D eigenvalue weighted by Crippen LogP contribution is -2.27. The molecule has 2 heterocycles. The van der Waals surface area contributed by atoms with E-state index in [1.54, 1.807) is 0 Å². The number of halogens is 1. The maximum Gasteiger partial charge on any atom is 0.272 e. The summed E-state index contributed by atoms with van der Waals surface area (Å²) in [5.74, 6) is -0.171. The van der Waals surface area contributed by atoms with Crippen molar-refractivity contribution in [3.63, 3.8) is 0 Å². The van der Waals surface area contributed by atoms with Gasteiger partial charge in [-0.25, -0.2) is 0 Å². The maximum absolute atomic E-state index is 12.6. The van der Waals surface area contributed by atoms with E-state index in [-0.39, 0.29) is 11.9 Å². The van der Waals surface area contributed by atoms with Gasteiger partial charge in [0, 0.05) is 6.54 Å². The normalized spacial score (nSPS) is 12.1. The predicted octanol–water partition coefficient (Wildman–Crippen LogP) is 5.17. The molecule has 0 fully saturated rings. The Morgan fingerprint density at radius 3 is 2.68 bits per heavy atom. The second kappa shape index (κ2) is 7.85. The molecule has 1 amide bonds. The monoisotopic (exact) mass is 373 g/mol. The Labute approximate surface area is 156 Å². The predicted molar refractivity (Wildman–Crippen MR) is 103 cm³/mol. The first kappa shape index (κ1) is 17.7. The number of nitrogens with zero attached hydrogens (tertiary/aromatic N) is 2. The number of thiophene rings is 1. The minimum atomic E-state index is -0.171. The van der Waals surface area contributed by atoms with E-state index < -0.39 is 0 Å². The highest BCUT2D eigenvalue weighted by molar-refractivity contribution is 7.19. The number of hydrogen-bond acceptors (Lipinski definition) is 3. The quantitative estimate of drug-likeness (QED) is 0.648. The number of hydrogen-bond donors (Lipinski definition) is 1. The van der Waals surface area contributed by atoms with Crippen LogP contribution in [-0.4, -0.2) is 15.7 Å². The van der Waals surface area contributed by atoms with Crippen LogP contribution in [0, 0.1) is 0 Å². The van der Waals surface area contributed by atoms with E-state index >= 15 is 0 Å². The smallest absolute Gasteiger partial charge is 0.272 e. The Bertz CT molecular complexity index is 857. The van der Waals surface area contributed by atoms with Crippen LogP contribution in [0.25, 0.3) is 10.6 Å². The highest BCUT2D eigenvalue weighted by Crippen LogP contribution is 2.31. The molecule has 130 valence electrons. The largest absolute Gasteiger partial charge is 0.344 e. The Balaban J connectivity index is 1.83. The first-order valence-corrected chi connectivity index (χ1v) is 9.47. The summed E-state index contributed by atoms with van der Waals surface area (Å²) < 4.78 is 2.60. The summed E-state index contributed by atoms with van der Waals surface area (Å²) in [4.78, 5) is 13.6. The maximum atomic E-state index is 12.6. The van der Waals surface area contributed by atoms with Crippen LogP contribution in [0.2, 0.25) is 4.34 Å². The average molecular weight is 374 g/mol. The molecule has 3 aromatic rings. The van der Waals surface area contributed by atoms with Crippen molar-refractivity contribution in [2.24, 2.45) is 0 Å². The lowest BCUT2D eigenvalue weighted by Gasteiger charge is -2.13. The van der Waals surface area contributed by atoms with Crippen molar-refractivity contribution in [3.8, 4) is 10.6 Å². The van der Waals surface area contributed by atoms with Crippen molar-refractivity contribution in [3.05, 3.63) is 64.1 Å². The Kier molecular flexibility index (Phi) is 5.56. The molecule has 0 aliphatic heterocycles. The van der Waals surface area contributed by atoms with Gasteiger partial charge in [0.05, 0.1) is 20.9 Å². The van der Waals surface area contributed by atoms with E-state index in [1.807, 2.05) is 60.1 Å². The molecule has 25 heavy (non-hydrogen) atoms. The number of carbonyl (C=O) groups excluding carboxylic acids is 1. The molecular formula is C19H20ClN3OS. The van der Waals surface area contributed by atoms with Crippen LogP contribution in [0.15, 0.2) is 48.5 Å². The van der Waals surface area contributed by atoms with Crippen molar-refractivity contribution < 1.29 is 4.79 Å². The number of amides is 1. The van der Waals surface area contributed by atoms with Crippen LogP contribution in [0.3, 0.4) is 0 Å². The first-order valence-electron chi connectivity index (χ1n) is 8.28. The van der Waals surface area contributed by atoms with Gasteiger partial charge in [0.1, 0.15) is 0 Å². The number of aryl methyl sites for hydroxylation is 1. The van der Waals surface area contributed by atoms with Gasteiger partial charge in [-0.15, -0.1) is 11.3 Å². The second-order valence-electron chi connectivity index (χ2n) is 5.85. The summed E-state index contributed by atoms with van der Waals surface area (Å²) in [7, 11) is 0. The van der Waals surface area contributed by atoms with E-state index in [4.69, 9.17) is 11.6 Å². The number of rotatable bonds is 6. The number of carbonyl (C=O) groups is 1. The molecule has 0 aliphatic carbocycles. The van der Waals surface area contributed by atoms with Crippen LogP contribution >= 0.6 is 22.9 Å². The van der Waals surface area contributed by atoms with Crippen LogP contribution < -0.4 is 5.32 Å². The van der Waals surface area contributed by atoms with Gasteiger partial charge in [0.2, 0.25) is 0 Å². The summed E-state index contributed by atoms with van der Waals surface area (Å²) in [6.45, 7) is 4.81. The zero-order valence-electron chi connectivity index (χ0n) is 14.2. The summed E-state index contributed by atoms with van der Waals surface area (Å²) >= 11 is 7.54. The summed E-state index contributed by atoms with van der Waals surface area (Å²) in [6, 6.07) is 15.5. The number of benzene rings is 1. The fourth-order valence-electron chi connectivity index (χ4n) is 2.66. The molecule has 3 rings (SSSR count). The lowest BCUT2D eigenvalue weighted by atomic mass is 10.1. The van der Waals surface area contributed by atoms with Gasteiger partial charge in [-0.3, -0.25) is 9.48 Å². The van der Waals surface area contributed by atoms with Crippen molar-refractivity contribution >= 4 is 28.8 Å². The lowest BCUT2D eigenvalue weighted by molar-refractivity contribution is 0.0934. The summed E-state index contributed by atoms with van der Waals surface area (Å²) in [6.07, 6.45) is 0.940. The molecule has 1 N–H and O–H groups in total. The van der Waals surface area contributed by atoms with Crippen molar-refractivity contribution in [1.82, 2.24) is 15.1 Å². The highest BCUT2D eigenvalue weighted by Gasteiger charge is 2.18. The van der Waals surface area contributed by atoms with E-state index in [9.17, 15) is 4.79 Å². The van der Waals surface area contributed by atoms with Crippen LogP contribution in [0.4, 0.5) is 0 Å².